The van der Waals surface area contributed by atoms with E-state index in [1.165, 1.54) is 35.3 Å². The molecule has 1 atom stereocenters. The van der Waals surface area contributed by atoms with Crippen molar-refractivity contribution in [2.75, 3.05) is 13.1 Å². The Morgan fingerprint density at radius 2 is 2.05 bits per heavy atom. The summed E-state index contributed by atoms with van der Waals surface area (Å²) in [6.45, 7) is 6.97. The van der Waals surface area contributed by atoms with Gasteiger partial charge in [-0.25, -0.2) is 0 Å². The summed E-state index contributed by atoms with van der Waals surface area (Å²) in [6, 6.07) is 2.31. The summed E-state index contributed by atoms with van der Waals surface area (Å²) in [4.78, 5) is 3.96. The third-order valence-electron chi connectivity index (χ3n) is 4.57. The zero-order valence-corrected chi connectivity index (χ0v) is 14.2. The summed E-state index contributed by atoms with van der Waals surface area (Å²) >= 11 is 5.45. The van der Waals surface area contributed by atoms with Gasteiger partial charge < -0.3 is 0 Å². The Hall–Kier alpha value is 0.0600. The van der Waals surface area contributed by atoms with Gasteiger partial charge in [0.1, 0.15) is 0 Å². The fourth-order valence-electron chi connectivity index (χ4n) is 3.44. The molecule has 0 aromatic carbocycles. The molecule has 0 radical (unpaired) electrons. The highest BCUT2D eigenvalue weighted by Gasteiger charge is 2.43. The maximum Gasteiger partial charge on any atom is 0.0747 e. The van der Waals surface area contributed by atoms with E-state index >= 15 is 0 Å². The first-order valence-corrected chi connectivity index (χ1v) is 8.81. The van der Waals surface area contributed by atoms with Crippen LogP contribution < -0.4 is 11.3 Å². The number of hydrazine groups is 1. The Bertz CT molecular complexity index is 397. The van der Waals surface area contributed by atoms with E-state index in [1.54, 1.807) is 11.3 Å². The smallest absolute Gasteiger partial charge is 0.0747 e. The van der Waals surface area contributed by atoms with Crippen LogP contribution >= 0.6 is 27.3 Å². The van der Waals surface area contributed by atoms with E-state index in [0.717, 1.165) is 12.8 Å². The molecule has 1 aliphatic rings. The van der Waals surface area contributed by atoms with Gasteiger partial charge in [0.25, 0.3) is 0 Å². The van der Waals surface area contributed by atoms with Crippen molar-refractivity contribution in [2.24, 2.45) is 5.84 Å². The second kappa shape index (κ2) is 6.68. The van der Waals surface area contributed by atoms with Gasteiger partial charge in [0.15, 0.2) is 0 Å². The van der Waals surface area contributed by atoms with Gasteiger partial charge in [-0.1, -0.05) is 13.8 Å². The van der Waals surface area contributed by atoms with E-state index in [4.69, 9.17) is 5.84 Å². The summed E-state index contributed by atoms with van der Waals surface area (Å²) in [5, 5.41) is 2.13. The van der Waals surface area contributed by atoms with Gasteiger partial charge in [-0.05, 0) is 66.1 Å². The van der Waals surface area contributed by atoms with Crippen LogP contribution in [0.1, 0.15) is 50.4 Å². The van der Waals surface area contributed by atoms with E-state index in [-0.39, 0.29) is 11.6 Å². The minimum absolute atomic E-state index is 0.124. The molecule has 0 saturated carbocycles. The van der Waals surface area contributed by atoms with Crippen molar-refractivity contribution >= 4 is 27.3 Å². The second-order valence-corrected chi connectivity index (χ2v) is 7.04. The predicted octanol–water partition coefficient (Wildman–Crippen LogP) is 3.67. The molecule has 1 aliphatic heterocycles. The second-order valence-electron chi connectivity index (χ2n) is 5.24. The van der Waals surface area contributed by atoms with Gasteiger partial charge in [0.2, 0.25) is 0 Å². The van der Waals surface area contributed by atoms with E-state index < -0.39 is 0 Å². The lowest BCUT2D eigenvalue weighted by Gasteiger charge is -2.46. The molecule has 1 saturated heterocycles. The van der Waals surface area contributed by atoms with E-state index in [1.807, 2.05) is 0 Å². The van der Waals surface area contributed by atoms with Crippen LogP contribution in [0.25, 0.3) is 0 Å². The molecule has 2 heterocycles. The fourth-order valence-corrected chi connectivity index (χ4v) is 5.21. The van der Waals surface area contributed by atoms with Gasteiger partial charge in [0.05, 0.1) is 6.04 Å². The van der Waals surface area contributed by atoms with Crippen LogP contribution in [0.5, 0.6) is 0 Å². The average Bonchev–Trinajstić information content (AvgIpc) is 3.08. The highest BCUT2D eigenvalue weighted by molar-refractivity contribution is 9.10. The minimum atomic E-state index is 0.124. The van der Waals surface area contributed by atoms with Gasteiger partial charge in [-0.3, -0.25) is 16.2 Å². The highest BCUT2D eigenvalue weighted by atomic mass is 79.9. The Labute approximate surface area is 128 Å². The number of rotatable bonds is 6. The van der Waals surface area contributed by atoms with E-state index in [0.29, 0.717) is 0 Å². The molecule has 1 aromatic heterocycles. The van der Waals surface area contributed by atoms with Gasteiger partial charge in [-0.2, -0.15) is 0 Å². The van der Waals surface area contributed by atoms with Crippen LogP contribution in [0.3, 0.4) is 0 Å². The van der Waals surface area contributed by atoms with Gasteiger partial charge in [-0.15, -0.1) is 11.3 Å². The normalized spacial score (nSPS) is 18.9. The largest absolute Gasteiger partial charge is 0.296 e. The molecule has 5 heteroatoms. The van der Waals surface area contributed by atoms with Crippen molar-refractivity contribution in [1.82, 2.24) is 10.3 Å². The van der Waals surface area contributed by atoms with E-state index in [2.05, 4.69) is 51.5 Å². The molecule has 1 aromatic rings. The molecule has 0 aliphatic carbocycles. The third kappa shape index (κ3) is 2.76. The van der Waals surface area contributed by atoms with Crippen molar-refractivity contribution in [3.63, 3.8) is 0 Å². The number of hydrogen-bond donors (Lipinski definition) is 2. The third-order valence-corrected chi connectivity index (χ3v) is 6.51. The van der Waals surface area contributed by atoms with Gasteiger partial charge >= 0.3 is 0 Å². The molecule has 1 fully saturated rings. The highest BCUT2D eigenvalue weighted by Crippen LogP contribution is 2.43. The summed E-state index contributed by atoms with van der Waals surface area (Å²) in [5.41, 5.74) is 3.23. The fraction of sp³-hybridized carbons (Fsp3) is 0.714. The van der Waals surface area contributed by atoms with Crippen molar-refractivity contribution in [3.05, 3.63) is 20.8 Å². The zero-order valence-electron chi connectivity index (χ0n) is 11.8. The molecule has 108 valence electrons. The lowest BCUT2D eigenvalue weighted by Crippen LogP contribution is -2.56. The topological polar surface area (TPSA) is 41.3 Å². The Morgan fingerprint density at radius 1 is 1.42 bits per heavy atom. The van der Waals surface area contributed by atoms with E-state index in [9.17, 15) is 0 Å². The molecule has 0 bridgehead atoms. The molecule has 0 spiro atoms. The Morgan fingerprint density at radius 3 is 2.47 bits per heavy atom. The van der Waals surface area contributed by atoms with Crippen LogP contribution in [-0.4, -0.2) is 23.5 Å². The molecular weight excluding hydrogens is 322 g/mol. The zero-order chi connectivity index (χ0) is 13.9. The molecule has 3 N–H and O–H groups in total. The van der Waals surface area contributed by atoms with Crippen LogP contribution in [-0.2, 0) is 0 Å². The maximum atomic E-state index is 5.95. The van der Waals surface area contributed by atoms with Crippen LogP contribution in [0.15, 0.2) is 15.9 Å². The van der Waals surface area contributed by atoms with Gasteiger partial charge in [0, 0.05) is 14.9 Å². The number of likely N-dealkylation sites (tertiary alicyclic amines) is 1. The van der Waals surface area contributed by atoms with Crippen molar-refractivity contribution in [2.45, 2.75) is 51.1 Å². The van der Waals surface area contributed by atoms with Crippen LogP contribution in [0, 0.1) is 0 Å². The standard InChI is InChI=1S/C14H24BrN3S/c1-3-14(4-2,18-8-5-6-9-18)13(17-16)12-11(15)7-10-19-12/h7,10,13,17H,3-6,8-9,16H2,1-2H3. The summed E-state index contributed by atoms with van der Waals surface area (Å²) in [6.07, 6.45) is 4.85. The molecule has 1 unspecified atom stereocenters. The lowest BCUT2D eigenvalue weighted by atomic mass is 9.82. The first-order chi connectivity index (χ1) is 9.19. The molecule has 2 rings (SSSR count). The molecule has 0 amide bonds. The maximum absolute atomic E-state index is 5.95. The Balaban J connectivity index is 2.37. The quantitative estimate of drug-likeness (QED) is 0.610. The van der Waals surface area contributed by atoms with Crippen LogP contribution in [0.4, 0.5) is 0 Å². The van der Waals surface area contributed by atoms with Crippen molar-refractivity contribution < 1.29 is 0 Å². The van der Waals surface area contributed by atoms with Crippen molar-refractivity contribution in [3.8, 4) is 0 Å². The lowest BCUT2D eigenvalue weighted by molar-refractivity contribution is 0.0628. The summed E-state index contributed by atoms with van der Waals surface area (Å²) in [7, 11) is 0. The minimum Gasteiger partial charge on any atom is -0.296 e. The first-order valence-electron chi connectivity index (χ1n) is 7.13. The SMILES string of the molecule is CCC(CC)(C(NN)c1sccc1Br)N1CCCC1. The number of halogens is 1. The molecular formula is C14H24BrN3S. The number of thiophene rings is 1. The number of nitrogens with one attached hydrogen (secondary N) is 1. The summed E-state index contributed by atoms with van der Waals surface area (Å²) < 4.78 is 1.17. The van der Waals surface area contributed by atoms with Crippen molar-refractivity contribution in [1.29, 1.82) is 0 Å². The summed E-state index contributed by atoms with van der Waals surface area (Å²) in [5.74, 6) is 5.95. The average molecular weight is 346 g/mol. The Kier molecular flexibility index (Phi) is 5.43. The molecule has 3 nitrogen and oxygen atoms in total. The monoisotopic (exact) mass is 345 g/mol. The predicted molar refractivity (Wildman–Crippen MR) is 86.2 cm³/mol. The number of nitrogens with zero attached hydrogens (tertiary/aromatic N) is 1. The number of nitrogens with two attached hydrogens (primary N) is 1. The molecule has 19 heavy (non-hydrogen) atoms. The first kappa shape index (κ1) is 15.4. The number of hydrogen-bond acceptors (Lipinski definition) is 4. The van der Waals surface area contributed by atoms with Crippen LogP contribution in [0.2, 0.25) is 0 Å².